The lowest BCUT2D eigenvalue weighted by atomic mass is 10.1. The van der Waals surface area contributed by atoms with E-state index in [1.165, 1.54) is 0 Å². The van der Waals surface area contributed by atoms with Gasteiger partial charge in [0.15, 0.2) is 0 Å². The number of fused-ring (bicyclic) bond motifs is 1. The van der Waals surface area contributed by atoms with Crippen LogP contribution >= 0.6 is 0 Å². The summed E-state index contributed by atoms with van der Waals surface area (Å²) in [6, 6.07) is 13.2. The Hall–Kier alpha value is -2.69. The van der Waals surface area contributed by atoms with Gasteiger partial charge in [0, 0.05) is 12.7 Å². The summed E-state index contributed by atoms with van der Waals surface area (Å²) in [7, 11) is 3.64. The lowest BCUT2D eigenvalue weighted by molar-refractivity contribution is -0.115. The van der Waals surface area contributed by atoms with E-state index in [-0.39, 0.29) is 5.91 Å². The largest absolute Gasteiger partial charge is 0.497 e. The van der Waals surface area contributed by atoms with Crippen molar-refractivity contribution in [2.45, 2.75) is 6.42 Å². The van der Waals surface area contributed by atoms with Crippen molar-refractivity contribution in [3.05, 3.63) is 48.0 Å². The van der Waals surface area contributed by atoms with Gasteiger partial charge in [-0.1, -0.05) is 12.1 Å². The molecule has 3 rings (SSSR count). The van der Waals surface area contributed by atoms with Crippen LogP contribution in [-0.4, -0.2) is 33.2 Å². The number of hydrogen-bond donors (Lipinski definition) is 1. The van der Waals surface area contributed by atoms with E-state index in [1.807, 2.05) is 49.5 Å². The van der Waals surface area contributed by atoms with Gasteiger partial charge in [-0.15, -0.1) is 0 Å². The third-order valence-electron chi connectivity index (χ3n) is 3.86. The van der Waals surface area contributed by atoms with E-state index >= 15 is 0 Å². The first-order chi connectivity index (χ1) is 11.2. The molecule has 1 aliphatic rings. The third kappa shape index (κ3) is 3.56. The normalized spacial score (nSPS) is 13.0. The number of anilines is 2. The summed E-state index contributed by atoms with van der Waals surface area (Å²) in [4.78, 5) is 14.3. The van der Waals surface area contributed by atoms with Crippen molar-refractivity contribution < 1.29 is 14.3 Å². The number of nitrogens with zero attached hydrogens (tertiary/aromatic N) is 1. The first-order valence-electron chi connectivity index (χ1n) is 7.56. The van der Waals surface area contributed by atoms with Crippen molar-refractivity contribution in [3.8, 4) is 11.5 Å². The minimum Gasteiger partial charge on any atom is -0.497 e. The summed E-state index contributed by atoms with van der Waals surface area (Å²) in [6.45, 7) is 1.53. The molecule has 1 heterocycles. The molecule has 5 heteroatoms. The second-order valence-electron chi connectivity index (χ2n) is 5.53. The number of carbonyl (C=O) groups excluding carboxylic acids is 1. The number of hydrogen-bond acceptors (Lipinski definition) is 4. The van der Waals surface area contributed by atoms with Gasteiger partial charge in [0.1, 0.15) is 18.1 Å². The predicted octanol–water partition coefficient (Wildman–Crippen LogP) is 2.71. The molecular formula is C18H20N2O3. The highest BCUT2D eigenvalue weighted by atomic mass is 16.5. The van der Waals surface area contributed by atoms with E-state index in [1.54, 1.807) is 7.11 Å². The Balaban J connectivity index is 1.66. The van der Waals surface area contributed by atoms with Crippen LogP contribution < -0.4 is 19.7 Å². The van der Waals surface area contributed by atoms with Crippen LogP contribution in [0, 0.1) is 0 Å². The Bertz CT molecular complexity index is 698. The molecule has 0 spiro atoms. The zero-order valence-corrected chi connectivity index (χ0v) is 13.3. The van der Waals surface area contributed by atoms with Crippen molar-refractivity contribution in [2.75, 3.05) is 37.5 Å². The van der Waals surface area contributed by atoms with Crippen LogP contribution in [-0.2, 0) is 11.2 Å². The standard InChI is InChI=1S/C18H20N2O3/c1-20-9-10-23-17-8-5-14(12-16(17)20)19-18(21)11-13-3-6-15(22-2)7-4-13/h3-8,12H,9-11H2,1-2H3,(H,19,21). The summed E-state index contributed by atoms with van der Waals surface area (Å²) in [6.07, 6.45) is 0.327. The molecule has 1 amide bonds. The average Bonchev–Trinajstić information content (AvgIpc) is 2.56. The molecule has 23 heavy (non-hydrogen) atoms. The first-order valence-corrected chi connectivity index (χ1v) is 7.56. The van der Waals surface area contributed by atoms with Crippen molar-refractivity contribution >= 4 is 17.3 Å². The average molecular weight is 312 g/mol. The molecule has 0 radical (unpaired) electrons. The number of likely N-dealkylation sites (N-methyl/N-ethyl adjacent to an activating group) is 1. The molecule has 1 N–H and O–H groups in total. The molecule has 0 aromatic heterocycles. The summed E-state index contributed by atoms with van der Waals surface area (Å²) in [5, 5.41) is 2.94. The predicted molar refractivity (Wildman–Crippen MR) is 90.5 cm³/mol. The van der Waals surface area contributed by atoms with Crippen LogP contribution in [0.15, 0.2) is 42.5 Å². The Labute approximate surface area is 135 Å². The third-order valence-corrected chi connectivity index (χ3v) is 3.86. The molecule has 0 atom stereocenters. The fourth-order valence-electron chi connectivity index (χ4n) is 2.56. The summed E-state index contributed by atoms with van der Waals surface area (Å²) in [5.74, 6) is 1.59. The molecule has 1 aliphatic heterocycles. The molecule has 0 unspecified atom stereocenters. The topological polar surface area (TPSA) is 50.8 Å². The van der Waals surface area contributed by atoms with Gasteiger partial charge in [-0.25, -0.2) is 0 Å². The fraction of sp³-hybridized carbons (Fsp3) is 0.278. The van der Waals surface area contributed by atoms with Crippen molar-refractivity contribution in [2.24, 2.45) is 0 Å². The van der Waals surface area contributed by atoms with Crippen molar-refractivity contribution in [3.63, 3.8) is 0 Å². The Morgan fingerprint density at radius 2 is 2.04 bits per heavy atom. The SMILES string of the molecule is COc1ccc(CC(=O)Nc2ccc3c(c2)N(C)CCO3)cc1. The highest BCUT2D eigenvalue weighted by Crippen LogP contribution is 2.33. The number of carbonyl (C=O) groups is 1. The van der Waals surface area contributed by atoms with E-state index < -0.39 is 0 Å². The molecule has 0 saturated heterocycles. The molecule has 0 aliphatic carbocycles. The number of nitrogens with one attached hydrogen (secondary N) is 1. The van der Waals surface area contributed by atoms with Gasteiger partial charge in [0.25, 0.3) is 0 Å². The number of amides is 1. The summed E-state index contributed by atoms with van der Waals surface area (Å²) in [5.41, 5.74) is 2.72. The second kappa shape index (κ2) is 6.60. The molecule has 2 aromatic rings. The van der Waals surface area contributed by atoms with E-state index in [4.69, 9.17) is 9.47 Å². The Kier molecular flexibility index (Phi) is 4.37. The van der Waals surface area contributed by atoms with Gasteiger partial charge in [0.2, 0.25) is 5.91 Å². The molecule has 5 nitrogen and oxygen atoms in total. The van der Waals surface area contributed by atoms with Crippen LogP contribution in [0.4, 0.5) is 11.4 Å². The maximum atomic E-state index is 12.2. The molecular weight excluding hydrogens is 292 g/mol. The van der Waals surface area contributed by atoms with Gasteiger partial charge in [-0.2, -0.15) is 0 Å². The number of rotatable bonds is 4. The smallest absolute Gasteiger partial charge is 0.228 e. The maximum Gasteiger partial charge on any atom is 0.228 e. The van der Waals surface area contributed by atoms with E-state index in [2.05, 4.69) is 10.2 Å². The highest BCUT2D eigenvalue weighted by molar-refractivity contribution is 5.93. The molecule has 0 bridgehead atoms. The second-order valence-corrected chi connectivity index (χ2v) is 5.53. The zero-order valence-electron chi connectivity index (χ0n) is 13.3. The van der Waals surface area contributed by atoms with Gasteiger partial charge in [0.05, 0.1) is 25.8 Å². The Morgan fingerprint density at radius 3 is 2.78 bits per heavy atom. The van der Waals surface area contributed by atoms with E-state index in [0.29, 0.717) is 13.0 Å². The van der Waals surface area contributed by atoms with Crippen LogP contribution in [0.2, 0.25) is 0 Å². The van der Waals surface area contributed by atoms with Crippen LogP contribution in [0.1, 0.15) is 5.56 Å². The molecule has 0 fully saturated rings. The molecule has 0 saturated carbocycles. The summed E-state index contributed by atoms with van der Waals surface area (Å²) < 4.78 is 10.7. The quantitative estimate of drug-likeness (QED) is 0.943. The number of benzene rings is 2. The highest BCUT2D eigenvalue weighted by Gasteiger charge is 2.15. The zero-order chi connectivity index (χ0) is 16.2. The van der Waals surface area contributed by atoms with Gasteiger partial charge in [-0.05, 0) is 35.9 Å². The number of ether oxygens (including phenoxy) is 2. The fourth-order valence-corrected chi connectivity index (χ4v) is 2.56. The lowest BCUT2D eigenvalue weighted by Crippen LogP contribution is -2.28. The minimum absolute atomic E-state index is 0.0468. The first kappa shape index (κ1) is 15.2. The molecule has 120 valence electrons. The van der Waals surface area contributed by atoms with Gasteiger partial charge < -0.3 is 19.7 Å². The van der Waals surface area contributed by atoms with Crippen molar-refractivity contribution in [1.82, 2.24) is 0 Å². The number of methoxy groups -OCH3 is 1. The van der Waals surface area contributed by atoms with Crippen LogP contribution in [0.5, 0.6) is 11.5 Å². The minimum atomic E-state index is -0.0468. The van der Waals surface area contributed by atoms with Crippen molar-refractivity contribution in [1.29, 1.82) is 0 Å². The maximum absolute atomic E-state index is 12.2. The van der Waals surface area contributed by atoms with Gasteiger partial charge >= 0.3 is 0 Å². The monoisotopic (exact) mass is 312 g/mol. The van der Waals surface area contributed by atoms with Crippen LogP contribution in [0.3, 0.4) is 0 Å². The molecule has 2 aromatic carbocycles. The lowest BCUT2D eigenvalue weighted by Gasteiger charge is -2.28. The van der Waals surface area contributed by atoms with E-state index in [0.717, 1.165) is 35.0 Å². The summed E-state index contributed by atoms with van der Waals surface area (Å²) >= 11 is 0. The van der Waals surface area contributed by atoms with E-state index in [9.17, 15) is 4.79 Å². The Morgan fingerprint density at radius 1 is 1.26 bits per heavy atom. The van der Waals surface area contributed by atoms with Crippen LogP contribution in [0.25, 0.3) is 0 Å². The van der Waals surface area contributed by atoms with Gasteiger partial charge in [-0.3, -0.25) is 4.79 Å².